The van der Waals surface area contributed by atoms with Gasteiger partial charge in [-0.1, -0.05) is 20.8 Å². The number of amides is 2. The van der Waals surface area contributed by atoms with E-state index >= 15 is 0 Å². The van der Waals surface area contributed by atoms with E-state index in [0.717, 1.165) is 0 Å². The third kappa shape index (κ3) is 4.29. The molecule has 1 fully saturated rings. The van der Waals surface area contributed by atoms with Gasteiger partial charge in [0.25, 0.3) is 0 Å². The second-order valence-electron chi connectivity index (χ2n) is 5.81. The van der Waals surface area contributed by atoms with Gasteiger partial charge in [-0.3, -0.25) is 9.59 Å². The van der Waals surface area contributed by atoms with Crippen molar-refractivity contribution in [3.8, 4) is 0 Å². The fourth-order valence-electron chi connectivity index (χ4n) is 1.97. The highest BCUT2D eigenvalue weighted by Crippen LogP contribution is 2.31. The third-order valence-corrected chi connectivity index (χ3v) is 3.84. The van der Waals surface area contributed by atoms with Crippen molar-refractivity contribution < 1.29 is 22.8 Å². The molecule has 4 nitrogen and oxygen atoms in total. The summed E-state index contributed by atoms with van der Waals surface area (Å²) in [7, 11) is 0. The third-order valence-electron chi connectivity index (χ3n) is 3.13. The molecular weight excluding hydrogens is 293 g/mol. The first-order valence-electron chi connectivity index (χ1n) is 6.25. The molecule has 0 aromatic carbocycles. The highest BCUT2D eigenvalue weighted by atomic mass is 32.2. The van der Waals surface area contributed by atoms with Crippen molar-refractivity contribution in [1.82, 2.24) is 10.2 Å². The van der Waals surface area contributed by atoms with E-state index in [0.29, 0.717) is 0 Å². The molecule has 2 amide bonds. The Morgan fingerprint density at radius 3 is 2.25 bits per heavy atom. The Hall–Kier alpha value is -0.920. The van der Waals surface area contributed by atoms with Crippen LogP contribution in [0.5, 0.6) is 0 Å². The minimum absolute atomic E-state index is 0.0931. The number of thioether (sulfide) groups is 1. The van der Waals surface area contributed by atoms with Crippen LogP contribution in [0.3, 0.4) is 0 Å². The Morgan fingerprint density at radius 2 is 1.80 bits per heavy atom. The molecular formula is C12H19F3N2O2S. The van der Waals surface area contributed by atoms with Gasteiger partial charge in [-0.15, -0.1) is 0 Å². The van der Waals surface area contributed by atoms with Crippen LogP contribution >= 0.6 is 11.8 Å². The summed E-state index contributed by atoms with van der Waals surface area (Å²) < 4.78 is 36.4. The lowest BCUT2D eigenvalue weighted by atomic mass is 9.84. The zero-order chi connectivity index (χ0) is 15.7. The Balaban J connectivity index is 2.76. The molecule has 0 saturated carbocycles. The summed E-state index contributed by atoms with van der Waals surface area (Å²) >= 11 is -0.184. The van der Waals surface area contributed by atoms with E-state index in [-0.39, 0.29) is 35.9 Å². The molecule has 1 aliphatic heterocycles. The fourth-order valence-corrected chi connectivity index (χ4v) is 2.49. The van der Waals surface area contributed by atoms with Gasteiger partial charge >= 0.3 is 5.51 Å². The van der Waals surface area contributed by atoms with Crippen LogP contribution in [0.1, 0.15) is 27.7 Å². The molecule has 1 N–H and O–H groups in total. The second kappa shape index (κ2) is 5.83. The molecule has 116 valence electrons. The maximum absolute atomic E-state index is 12.3. The van der Waals surface area contributed by atoms with Gasteiger partial charge in [0.1, 0.15) is 12.1 Å². The van der Waals surface area contributed by atoms with Crippen LogP contribution in [0.25, 0.3) is 0 Å². The number of rotatable bonds is 3. The summed E-state index contributed by atoms with van der Waals surface area (Å²) in [6.07, 6.45) is 0. The molecule has 2 unspecified atom stereocenters. The number of alkyl halides is 3. The van der Waals surface area contributed by atoms with E-state index in [2.05, 4.69) is 5.32 Å². The number of nitrogens with zero attached hydrogens (tertiary/aromatic N) is 1. The molecule has 0 spiro atoms. The molecule has 1 aliphatic rings. The second-order valence-corrected chi connectivity index (χ2v) is 6.97. The minimum Gasteiger partial charge on any atom is -0.342 e. The van der Waals surface area contributed by atoms with Crippen molar-refractivity contribution in [3.05, 3.63) is 0 Å². The molecule has 1 rings (SSSR count). The Kier molecular flexibility index (Phi) is 4.99. The number of piperazine rings is 1. The number of carbonyl (C=O) groups is 2. The van der Waals surface area contributed by atoms with Crippen molar-refractivity contribution in [2.24, 2.45) is 5.41 Å². The van der Waals surface area contributed by atoms with Crippen LogP contribution in [0.2, 0.25) is 0 Å². The van der Waals surface area contributed by atoms with E-state index in [1.54, 1.807) is 20.8 Å². The molecule has 0 radical (unpaired) electrons. The summed E-state index contributed by atoms with van der Waals surface area (Å²) in [6, 6.07) is -1.45. The molecule has 8 heteroatoms. The van der Waals surface area contributed by atoms with E-state index < -0.39 is 23.0 Å². The average molecular weight is 312 g/mol. The zero-order valence-corrected chi connectivity index (χ0v) is 12.7. The Bertz CT molecular complexity index is 393. The predicted octanol–water partition coefficient (Wildman–Crippen LogP) is 2.00. The first-order valence-corrected chi connectivity index (χ1v) is 7.23. The van der Waals surface area contributed by atoms with Crippen LogP contribution < -0.4 is 5.32 Å². The zero-order valence-electron chi connectivity index (χ0n) is 11.9. The largest absolute Gasteiger partial charge is 0.441 e. The van der Waals surface area contributed by atoms with Gasteiger partial charge in [0.15, 0.2) is 0 Å². The van der Waals surface area contributed by atoms with Crippen LogP contribution in [0, 0.1) is 5.41 Å². The van der Waals surface area contributed by atoms with Gasteiger partial charge in [-0.25, -0.2) is 0 Å². The molecule has 0 aromatic rings. The highest BCUT2D eigenvalue weighted by molar-refractivity contribution is 8.00. The SMILES string of the molecule is CC1C(=O)NC(C(C)(C)C)C(=O)N1CCSC(F)(F)F. The summed E-state index contributed by atoms with van der Waals surface area (Å²) in [4.78, 5) is 25.4. The molecule has 0 aromatic heterocycles. The van der Waals surface area contributed by atoms with E-state index in [1.807, 2.05) is 0 Å². The summed E-state index contributed by atoms with van der Waals surface area (Å²) in [6.45, 7) is 6.83. The van der Waals surface area contributed by atoms with Gasteiger partial charge in [-0.05, 0) is 24.1 Å². The maximum Gasteiger partial charge on any atom is 0.441 e. The van der Waals surface area contributed by atoms with Gasteiger partial charge in [-0.2, -0.15) is 13.2 Å². The van der Waals surface area contributed by atoms with Crippen molar-refractivity contribution in [1.29, 1.82) is 0 Å². The van der Waals surface area contributed by atoms with Gasteiger partial charge in [0.05, 0.1) is 0 Å². The monoisotopic (exact) mass is 312 g/mol. The van der Waals surface area contributed by atoms with E-state index in [4.69, 9.17) is 0 Å². The highest BCUT2D eigenvalue weighted by Gasteiger charge is 2.43. The summed E-state index contributed by atoms with van der Waals surface area (Å²) in [5.74, 6) is -0.933. The summed E-state index contributed by atoms with van der Waals surface area (Å²) in [5.41, 5.74) is -4.81. The predicted molar refractivity (Wildman–Crippen MR) is 71.1 cm³/mol. The number of hydrogen-bond acceptors (Lipinski definition) is 3. The molecule has 1 saturated heterocycles. The number of halogens is 3. The smallest absolute Gasteiger partial charge is 0.342 e. The minimum atomic E-state index is -4.33. The number of hydrogen-bond donors (Lipinski definition) is 1. The van der Waals surface area contributed by atoms with E-state index in [1.165, 1.54) is 11.8 Å². The first-order chi connectivity index (χ1) is 8.93. The van der Waals surface area contributed by atoms with Crippen LogP contribution in [-0.2, 0) is 9.59 Å². The molecule has 1 heterocycles. The normalized spacial score (nSPS) is 24.9. The van der Waals surface area contributed by atoms with E-state index in [9.17, 15) is 22.8 Å². The topological polar surface area (TPSA) is 49.4 Å². The Labute approximate surface area is 120 Å². The number of nitrogens with one attached hydrogen (secondary N) is 1. The molecule has 0 aliphatic carbocycles. The van der Waals surface area contributed by atoms with Crippen molar-refractivity contribution in [2.75, 3.05) is 12.3 Å². The maximum atomic E-state index is 12.3. The average Bonchev–Trinajstić information content (AvgIpc) is 2.25. The van der Waals surface area contributed by atoms with Crippen molar-refractivity contribution in [2.45, 2.75) is 45.3 Å². The number of carbonyl (C=O) groups excluding carboxylic acids is 2. The lowest BCUT2D eigenvalue weighted by molar-refractivity contribution is -0.151. The van der Waals surface area contributed by atoms with Crippen molar-refractivity contribution >= 4 is 23.6 Å². The quantitative estimate of drug-likeness (QED) is 0.867. The fraction of sp³-hybridized carbons (Fsp3) is 0.833. The van der Waals surface area contributed by atoms with Gasteiger partial charge < -0.3 is 10.2 Å². The lowest BCUT2D eigenvalue weighted by Crippen LogP contribution is -2.66. The molecule has 0 bridgehead atoms. The summed E-state index contributed by atoms with van der Waals surface area (Å²) in [5, 5.41) is 2.63. The van der Waals surface area contributed by atoms with Crippen LogP contribution in [-0.4, -0.2) is 46.6 Å². The van der Waals surface area contributed by atoms with Gasteiger partial charge in [0, 0.05) is 12.3 Å². The standard InChI is InChI=1S/C12H19F3N2O2S/c1-7-9(18)16-8(11(2,3)4)10(19)17(7)5-6-20-12(13,14)15/h7-8H,5-6H2,1-4H3,(H,16,18). The van der Waals surface area contributed by atoms with Crippen molar-refractivity contribution in [3.63, 3.8) is 0 Å². The van der Waals surface area contributed by atoms with Gasteiger partial charge in [0.2, 0.25) is 11.8 Å². The molecule has 20 heavy (non-hydrogen) atoms. The van der Waals surface area contributed by atoms with Crippen LogP contribution in [0.4, 0.5) is 13.2 Å². The molecule has 2 atom stereocenters. The Morgan fingerprint density at radius 1 is 1.25 bits per heavy atom. The van der Waals surface area contributed by atoms with Crippen LogP contribution in [0.15, 0.2) is 0 Å². The first kappa shape index (κ1) is 17.1. The lowest BCUT2D eigenvalue weighted by Gasteiger charge is -2.42.